The minimum atomic E-state index is -0.0151. The van der Waals surface area contributed by atoms with Crippen molar-refractivity contribution in [3.63, 3.8) is 0 Å². The molecule has 0 aliphatic heterocycles. The van der Waals surface area contributed by atoms with E-state index in [0.717, 1.165) is 12.0 Å². The zero-order chi connectivity index (χ0) is 15.0. The number of carbonyl (C=O) groups is 1. The largest absolute Gasteiger partial charge is 0.493 e. The fourth-order valence-electron chi connectivity index (χ4n) is 1.80. The van der Waals surface area contributed by atoms with Crippen LogP contribution in [0.15, 0.2) is 18.2 Å². The van der Waals surface area contributed by atoms with Gasteiger partial charge in [0, 0.05) is 6.04 Å². The molecule has 20 heavy (non-hydrogen) atoms. The lowest BCUT2D eigenvalue weighted by Gasteiger charge is -2.13. The molecule has 1 aromatic carbocycles. The lowest BCUT2D eigenvalue weighted by molar-refractivity contribution is -0.122. The third kappa shape index (κ3) is 5.48. The highest BCUT2D eigenvalue weighted by Crippen LogP contribution is 2.28. The monoisotopic (exact) mass is 280 g/mol. The van der Waals surface area contributed by atoms with Crippen LogP contribution in [0.4, 0.5) is 0 Å². The van der Waals surface area contributed by atoms with Gasteiger partial charge in [-0.05, 0) is 44.5 Å². The van der Waals surface area contributed by atoms with Crippen molar-refractivity contribution in [2.75, 3.05) is 20.3 Å². The predicted octanol–water partition coefficient (Wildman–Crippen LogP) is 1.49. The molecule has 0 bridgehead atoms. The molecule has 5 heteroatoms. The maximum absolute atomic E-state index is 11.5. The van der Waals surface area contributed by atoms with Crippen LogP contribution in [0.1, 0.15) is 25.8 Å². The van der Waals surface area contributed by atoms with E-state index in [9.17, 15) is 4.79 Å². The van der Waals surface area contributed by atoms with Crippen LogP contribution in [0.2, 0.25) is 0 Å². The summed E-state index contributed by atoms with van der Waals surface area (Å²) in [7, 11) is 1.60. The van der Waals surface area contributed by atoms with E-state index >= 15 is 0 Å². The highest BCUT2D eigenvalue weighted by atomic mass is 16.5. The topological polar surface area (TPSA) is 73.6 Å². The highest BCUT2D eigenvalue weighted by Gasteiger charge is 2.08. The summed E-state index contributed by atoms with van der Waals surface area (Å²) in [6.07, 6.45) is 1.12. The van der Waals surface area contributed by atoms with Gasteiger partial charge in [0.05, 0.1) is 20.1 Å². The van der Waals surface area contributed by atoms with Crippen LogP contribution in [0.5, 0.6) is 11.5 Å². The first-order chi connectivity index (χ1) is 9.56. The van der Waals surface area contributed by atoms with Gasteiger partial charge in [-0.15, -0.1) is 0 Å². The van der Waals surface area contributed by atoms with E-state index in [1.807, 2.05) is 32.0 Å². The Hall–Kier alpha value is -1.75. The fraction of sp³-hybridized carbons (Fsp3) is 0.533. The SMILES string of the molecule is COc1cc(CCN)ccc1OCCC(=O)NC(C)C. The molecule has 0 atom stereocenters. The Morgan fingerprint density at radius 1 is 1.35 bits per heavy atom. The van der Waals surface area contributed by atoms with Gasteiger partial charge in [0.15, 0.2) is 11.5 Å². The first-order valence-corrected chi connectivity index (χ1v) is 6.86. The minimum Gasteiger partial charge on any atom is -0.493 e. The molecule has 0 aromatic heterocycles. The summed E-state index contributed by atoms with van der Waals surface area (Å²) in [6, 6.07) is 5.87. The van der Waals surface area contributed by atoms with Crippen LogP contribution < -0.4 is 20.5 Å². The van der Waals surface area contributed by atoms with Gasteiger partial charge >= 0.3 is 0 Å². The van der Waals surface area contributed by atoms with E-state index in [1.54, 1.807) is 7.11 Å². The average molecular weight is 280 g/mol. The van der Waals surface area contributed by atoms with Gasteiger partial charge < -0.3 is 20.5 Å². The first-order valence-electron chi connectivity index (χ1n) is 6.86. The van der Waals surface area contributed by atoms with E-state index in [-0.39, 0.29) is 11.9 Å². The Bertz CT molecular complexity index is 433. The standard InChI is InChI=1S/C15H24N2O3/c1-11(2)17-15(18)7-9-20-13-5-4-12(6-8-16)10-14(13)19-3/h4-5,10-11H,6-9,16H2,1-3H3,(H,17,18). The quantitative estimate of drug-likeness (QED) is 0.756. The first kappa shape index (κ1) is 16.3. The summed E-state index contributed by atoms with van der Waals surface area (Å²) in [5.41, 5.74) is 6.63. The Labute approximate surface area is 120 Å². The van der Waals surface area contributed by atoms with Gasteiger partial charge in [-0.3, -0.25) is 4.79 Å². The van der Waals surface area contributed by atoms with Crippen LogP contribution in [0.3, 0.4) is 0 Å². The second-order valence-corrected chi connectivity index (χ2v) is 4.84. The van der Waals surface area contributed by atoms with Crippen molar-refractivity contribution >= 4 is 5.91 Å². The smallest absolute Gasteiger partial charge is 0.223 e. The number of hydrogen-bond acceptors (Lipinski definition) is 4. The number of hydrogen-bond donors (Lipinski definition) is 2. The van der Waals surface area contributed by atoms with Gasteiger partial charge in [0.25, 0.3) is 0 Å². The molecule has 5 nitrogen and oxygen atoms in total. The lowest BCUT2D eigenvalue weighted by Crippen LogP contribution is -2.31. The van der Waals surface area contributed by atoms with Gasteiger partial charge in [0.1, 0.15) is 0 Å². The van der Waals surface area contributed by atoms with Gasteiger partial charge in [-0.1, -0.05) is 6.07 Å². The van der Waals surface area contributed by atoms with Crippen molar-refractivity contribution < 1.29 is 14.3 Å². The Morgan fingerprint density at radius 3 is 2.70 bits per heavy atom. The van der Waals surface area contributed by atoms with E-state index in [0.29, 0.717) is 31.1 Å². The number of benzene rings is 1. The minimum absolute atomic E-state index is 0.0151. The maximum Gasteiger partial charge on any atom is 0.223 e. The van der Waals surface area contributed by atoms with Gasteiger partial charge in [-0.2, -0.15) is 0 Å². The molecule has 1 aromatic rings. The van der Waals surface area contributed by atoms with E-state index in [2.05, 4.69) is 5.32 Å². The number of methoxy groups -OCH3 is 1. The number of amides is 1. The molecule has 0 aliphatic rings. The van der Waals surface area contributed by atoms with E-state index < -0.39 is 0 Å². The van der Waals surface area contributed by atoms with Crippen LogP contribution in [0, 0.1) is 0 Å². The van der Waals surface area contributed by atoms with E-state index in [1.165, 1.54) is 0 Å². The van der Waals surface area contributed by atoms with Gasteiger partial charge in [0.2, 0.25) is 5.91 Å². The van der Waals surface area contributed by atoms with Crippen molar-refractivity contribution in [2.45, 2.75) is 32.7 Å². The van der Waals surface area contributed by atoms with Crippen LogP contribution in [-0.4, -0.2) is 32.2 Å². The molecular formula is C15H24N2O3. The molecule has 0 aliphatic carbocycles. The van der Waals surface area contributed by atoms with Crippen molar-refractivity contribution in [2.24, 2.45) is 5.73 Å². The zero-order valence-electron chi connectivity index (χ0n) is 12.4. The van der Waals surface area contributed by atoms with Crippen LogP contribution in [-0.2, 0) is 11.2 Å². The Balaban J connectivity index is 2.53. The van der Waals surface area contributed by atoms with Gasteiger partial charge in [-0.25, -0.2) is 0 Å². The summed E-state index contributed by atoms with van der Waals surface area (Å²) >= 11 is 0. The number of carbonyl (C=O) groups excluding carboxylic acids is 1. The highest BCUT2D eigenvalue weighted by molar-refractivity contribution is 5.76. The fourth-order valence-corrected chi connectivity index (χ4v) is 1.80. The third-order valence-electron chi connectivity index (χ3n) is 2.70. The number of nitrogens with one attached hydrogen (secondary N) is 1. The average Bonchev–Trinajstić information content (AvgIpc) is 2.39. The summed E-state index contributed by atoms with van der Waals surface area (Å²) in [5.74, 6) is 1.30. The molecule has 0 radical (unpaired) electrons. The van der Waals surface area contributed by atoms with E-state index in [4.69, 9.17) is 15.2 Å². The zero-order valence-corrected chi connectivity index (χ0v) is 12.4. The van der Waals surface area contributed by atoms with Crippen LogP contribution in [0.25, 0.3) is 0 Å². The predicted molar refractivity (Wildman–Crippen MR) is 79.1 cm³/mol. The summed E-state index contributed by atoms with van der Waals surface area (Å²) in [6.45, 7) is 4.78. The second kappa shape index (κ2) is 8.43. The molecule has 0 spiro atoms. The molecule has 0 saturated carbocycles. The molecule has 3 N–H and O–H groups in total. The molecule has 1 rings (SSSR count). The third-order valence-corrected chi connectivity index (χ3v) is 2.70. The molecule has 0 fully saturated rings. The molecular weight excluding hydrogens is 256 g/mol. The Morgan fingerprint density at radius 2 is 2.10 bits per heavy atom. The van der Waals surface area contributed by atoms with Crippen molar-refractivity contribution in [1.82, 2.24) is 5.32 Å². The molecule has 0 saturated heterocycles. The summed E-state index contributed by atoms with van der Waals surface area (Å²) < 4.78 is 10.9. The molecule has 0 unspecified atom stereocenters. The van der Waals surface area contributed by atoms with Crippen LogP contribution >= 0.6 is 0 Å². The maximum atomic E-state index is 11.5. The number of ether oxygens (including phenoxy) is 2. The van der Waals surface area contributed by atoms with Crippen molar-refractivity contribution in [3.05, 3.63) is 23.8 Å². The number of nitrogens with two attached hydrogens (primary N) is 1. The lowest BCUT2D eigenvalue weighted by atomic mass is 10.1. The normalized spacial score (nSPS) is 10.4. The molecule has 0 heterocycles. The number of rotatable bonds is 8. The summed E-state index contributed by atoms with van der Waals surface area (Å²) in [4.78, 5) is 11.5. The second-order valence-electron chi connectivity index (χ2n) is 4.84. The van der Waals surface area contributed by atoms with Crippen molar-refractivity contribution in [1.29, 1.82) is 0 Å². The van der Waals surface area contributed by atoms with Crippen molar-refractivity contribution in [3.8, 4) is 11.5 Å². The molecule has 1 amide bonds. The Kier molecular flexibility index (Phi) is 6.87. The molecule has 112 valence electrons. The summed E-state index contributed by atoms with van der Waals surface area (Å²) in [5, 5.41) is 2.82.